The molecule has 2 amide bonds. The summed E-state index contributed by atoms with van der Waals surface area (Å²) in [6.07, 6.45) is -3.19. The van der Waals surface area contributed by atoms with E-state index in [9.17, 15) is 27.9 Å². The summed E-state index contributed by atoms with van der Waals surface area (Å²) in [6.45, 7) is 1.76. The van der Waals surface area contributed by atoms with Crippen molar-refractivity contribution in [3.63, 3.8) is 0 Å². The molecular formula is C17H18ClF3N4O3S. The van der Waals surface area contributed by atoms with Gasteiger partial charge in [-0.2, -0.15) is 13.2 Å². The molecule has 0 bridgehead atoms. The number of hydrogen-bond donors (Lipinski definition) is 3. The standard InChI is InChI=1S/C17H18ClF3N4O3S/c1-2-22-14(27)7-25-11(8-26)6-23-16(25)29-9-15(28)24-13-5-10(17(19,20)21)3-4-12(13)18/h3-6,26H,2,7-9H2,1H3,(H,22,27)(H,24,28). The third kappa shape index (κ3) is 6.38. The van der Waals surface area contributed by atoms with E-state index in [-0.39, 0.29) is 35.5 Å². The number of benzene rings is 1. The number of nitrogens with one attached hydrogen (secondary N) is 2. The van der Waals surface area contributed by atoms with Gasteiger partial charge in [0.15, 0.2) is 5.16 Å². The van der Waals surface area contributed by atoms with Crippen LogP contribution < -0.4 is 10.6 Å². The molecule has 1 aromatic carbocycles. The van der Waals surface area contributed by atoms with Gasteiger partial charge in [-0.05, 0) is 25.1 Å². The van der Waals surface area contributed by atoms with E-state index in [0.717, 1.165) is 30.0 Å². The minimum Gasteiger partial charge on any atom is -0.390 e. The summed E-state index contributed by atoms with van der Waals surface area (Å²) >= 11 is 6.83. The van der Waals surface area contributed by atoms with Gasteiger partial charge in [0.2, 0.25) is 11.8 Å². The lowest BCUT2D eigenvalue weighted by atomic mass is 10.2. The van der Waals surface area contributed by atoms with E-state index in [1.54, 1.807) is 6.92 Å². The Balaban J connectivity index is 2.06. The van der Waals surface area contributed by atoms with Crippen LogP contribution in [0.5, 0.6) is 0 Å². The number of carbonyl (C=O) groups excluding carboxylic acids is 2. The van der Waals surface area contributed by atoms with Gasteiger partial charge in [-0.3, -0.25) is 9.59 Å². The molecule has 1 heterocycles. The Kier molecular flexibility index (Phi) is 7.94. The fraction of sp³-hybridized carbons (Fsp3) is 0.353. The van der Waals surface area contributed by atoms with Gasteiger partial charge >= 0.3 is 6.18 Å². The van der Waals surface area contributed by atoms with Crippen molar-refractivity contribution in [2.24, 2.45) is 0 Å². The number of hydrogen-bond acceptors (Lipinski definition) is 5. The van der Waals surface area contributed by atoms with Crippen LogP contribution in [-0.4, -0.2) is 38.8 Å². The van der Waals surface area contributed by atoms with Crippen molar-refractivity contribution in [3.8, 4) is 0 Å². The van der Waals surface area contributed by atoms with Crippen LogP contribution in [-0.2, 0) is 28.9 Å². The zero-order chi connectivity index (χ0) is 21.6. The lowest BCUT2D eigenvalue weighted by molar-refractivity contribution is -0.137. The van der Waals surface area contributed by atoms with Gasteiger partial charge in [-0.15, -0.1) is 0 Å². The number of carbonyl (C=O) groups is 2. The second-order valence-electron chi connectivity index (χ2n) is 5.76. The molecule has 29 heavy (non-hydrogen) atoms. The summed E-state index contributed by atoms with van der Waals surface area (Å²) in [5.41, 5.74) is -0.705. The van der Waals surface area contributed by atoms with Gasteiger partial charge in [0.1, 0.15) is 6.54 Å². The second kappa shape index (κ2) is 9.99. The Morgan fingerprint density at radius 2 is 2.03 bits per heavy atom. The number of amides is 2. The topological polar surface area (TPSA) is 96.2 Å². The highest BCUT2D eigenvalue weighted by atomic mass is 35.5. The smallest absolute Gasteiger partial charge is 0.390 e. The van der Waals surface area contributed by atoms with Crippen molar-refractivity contribution in [1.82, 2.24) is 14.9 Å². The highest BCUT2D eigenvalue weighted by Gasteiger charge is 2.31. The largest absolute Gasteiger partial charge is 0.416 e. The molecule has 0 saturated heterocycles. The Morgan fingerprint density at radius 1 is 1.31 bits per heavy atom. The van der Waals surface area contributed by atoms with Crippen molar-refractivity contribution >= 4 is 40.9 Å². The van der Waals surface area contributed by atoms with E-state index in [1.165, 1.54) is 10.8 Å². The Labute approximate surface area is 173 Å². The van der Waals surface area contributed by atoms with Crippen molar-refractivity contribution < 1.29 is 27.9 Å². The number of anilines is 1. The first-order valence-corrected chi connectivity index (χ1v) is 9.73. The van der Waals surface area contributed by atoms with Crippen molar-refractivity contribution in [2.75, 3.05) is 17.6 Å². The number of halogens is 4. The van der Waals surface area contributed by atoms with Crippen molar-refractivity contribution in [1.29, 1.82) is 0 Å². The maximum Gasteiger partial charge on any atom is 0.416 e. The van der Waals surface area contributed by atoms with Crippen LogP contribution in [0.1, 0.15) is 18.2 Å². The fourth-order valence-corrected chi connectivity index (χ4v) is 3.28. The number of aliphatic hydroxyl groups excluding tert-OH is 1. The van der Waals surface area contributed by atoms with Gasteiger partial charge in [0.05, 0.1) is 40.5 Å². The summed E-state index contributed by atoms with van der Waals surface area (Å²) in [5, 5.41) is 14.6. The quantitative estimate of drug-likeness (QED) is 0.537. The molecule has 1 aromatic heterocycles. The number of alkyl halides is 3. The number of aromatic nitrogens is 2. The van der Waals surface area contributed by atoms with Crippen LogP contribution in [0.2, 0.25) is 5.02 Å². The zero-order valence-electron chi connectivity index (χ0n) is 15.2. The van der Waals surface area contributed by atoms with E-state index < -0.39 is 17.6 Å². The first-order valence-electron chi connectivity index (χ1n) is 8.37. The van der Waals surface area contributed by atoms with E-state index in [4.69, 9.17) is 11.6 Å². The first-order chi connectivity index (χ1) is 13.7. The molecule has 2 aromatic rings. The van der Waals surface area contributed by atoms with Gasteiger partial charge in [0, 0.05) is 6.54 Å². The molecule has 0 fully saturated rings. The minimum atomic E-state index is -4.57. The van der Waals surface area contributed by atoms with Crippen LogP contribution in [0, 0.1) is 0 Å². The predicted octanol–water partition coefficient (Wildman–Crippen LogP) is 2.91. The summed E-state index contributed by atoms with van der Waals surface area (Å²) in [7, 11) is 0. The van der Waals surface area contributed by atoms with E-state index in [1.807, 2.05) is 0 Å². The van der Waals surface area contributed by atoms with Gasteiger partial charge in [-0.25, -0.2) is 4.98 Å². The first kappa shape index (κ1) is 23.0. The third-order valence-corrected chi connectivity index (χ3v) is 4.96. The summed E-state index contributed by atoms with van der Waals surface area (Å²) in [6, 6.07) is 2.63. The van der Waals surface area contributed by atoms with Gasteiger partial charge in [-0.1, -0.05) is 23.4 Å². The monoisotopic (exact) mass is 450 g/mol. The third-order valence-electron chi connectivity index (χ3n) is 3.64. The molecule has 0 atom stereocenters. The Morgan fingerprint density at radius 3 is 2.66 bits per heavy atom. The average Bonchev–Trinajstić information content (AvgIpc) is 3.02. The lowest BCUT2D eigenvalue weighted by Crippen LogP contribution is -2.28. The van der Waals surface area contributed by atoms with Crippen LogP contribution >= 0.6 is 23.4 Å². The summed E-state index contributed by atoms with van der Waals surface area (Å²) < 4.78 is 39.9. The minimum absolute atomic E-state index is 0.0309. The SMILES string of the molecule is CCNC(=O)Cn1c(CO)cnc1SCC(=O)Nc1cc(C(F)(F)F)ccc1Cl. The number of nitrogens with zero attached hydrogens (tertiary/aromatic N) is 2. The van der Waals surface area contributed by atoms with E-state index in [0.29, 0.717) is 17.4 Å². The van der Waals surface area contributed by atoms with Crippen LogP contribution in [0.15, 0.2) is 29.6 Å². The van der Waals surface area contributed by atoms with Gasteiger partial charge < -0.3 is 20.3 Å². The van der Waals surface area contributed by atoms with E-state index in [2.05, 4.69) is 15.6 Å². The number of likely N-dealkylation sites (N-methyl/N-ethyl adjacent to an activating group) is 1. The molecular weight excluding hydrogens is 433 g/mol. The highest BCUT2D eigenvalue weighted by molar-refractivity contribution is 7.99. The number of thioether (sulfide) groups is 1. The van der Waals surface area contributed by atoms with Crippen LogP contribution in [0.3, 0.4) is 0 Å². The van der Waals surface area contributed by atoms with Crippen LogP contribution in [0.4, 0.5) is 18.9 Å². The molecule has 2 rings (SSSR count). The highest BCUT2D eigenvalue weighted by Crippen LogP contribution is 2.34. The molecule has 0 aliphatic rings. The molecule has 0 unspecified atom stereocenters. The molecule has 12 heteroatoms. The molecule has 0 spiro atoms. The molecule has 3 N–H and O–H groups in total. The maximum atomic E-state index is 12.8. The summed E-state index contributed by atoms with van der Waals surface area (Å²) in [4.78, 5) is 28.1. The fourth-order valence-electron chi connectivity index (χ4n) is 2.31. The molecule has 0 aliphatic heterocycles. The zero-order valence-corrected chi connectivity index (χ0v) is 16.8. The number of aliphatic hydroxyl groups is 1. The predicted molar refractivity (Wildman–Crippen MR) is 103 cm³/mol. The van der Waals surface area contributed by atoms with Crippen molar-refractivity contribution in [2.45, 2.75) is 31.4 Å². The molecule has 0 radical (unpaired) electrons. The maximum absolute atomic E-state index is 12.8. The molecule has 0 saturated carbocycles. The van der Waals surface area contributed by atoms with Crippen molar-refractivity contribution in [3.05, 3.63) is 40.7 Å². The lowest BCUT2D eigenvalue weighted by Gasteiger charge is -2.12. The normalized spacial score (nSPS) is 11.4. The average molecular weight is 451 g/mol. The number of imidazole rings is 1. The Hall–Kier alpha value is -2.24. The second-order valence-corrected chi connectivity index (χ2v) is 7.11. The molecule has 0 aliphatic carbocycles. The van der Waals surface area contributed by atoms with E-state index >= 15 is 0 Å². The summed E-state index contributed by atoms with van der Waals surface area (Å²) in [5.74, 6) is -1.08. The molecule has 7 nitrogen and oxygen atoms in total. The van der Waals surface area contributed by atoms with Gasteiger partial charge in [0.25, 0.3) is 0 Å². The number of rotatable bonds is 8. The van der Waals surface area contributed by atoms with Crippen LogP contribution in [0.25, 0.3) is 0 Å². The molecule has 158 valence electrons. The Bertz CT molecular complexity index is 889.